The highest BCUT2D eigenvalue weighted by molar-refractivity contribution is 6.12. The Hall–Kier alpha value is -2.36. The van der Waals surface area contributed by atoms with Crippen LogP contribution in [-0.2, 0) is 0 Å². The summed E-state index contributed by atoms with van der Waals surface area (Å²) in [5.74, 6) is -0.853. The van der Waals surface area contributed by atoms with Crippen LogP contribution in [0.2, 0.25) is 0 Å². The van der Waals surface area contributed by atoms with Crippen LogP contribution < -0.4 is 0 Å². The SMILES string of the molecule is CC(C)=CCCC(C)CC(=O)c1c(O)ccc(O)c1C(=O)CC(C)CCC=C(C)C. The van der Waals surface area contributed by atoms with Crippen LogP contribution in [0.1, 0.15) is 101 Å². The van der Waals surface area contributed by atoms with Crippen LogP contribution in [0.25, 0.3) is 0 Å². The van der Waals surface area contributed by atoms with E-state index in [-0.39, 0.29) is 58.9 Å². The molecule has 0 saturated heterocycles. The topological polar surface area (TPSA) is 74.6 Å². The maximum absolute atomic E-state index is 12.9. The number of carbonyl (C=O) groups excluding carboxylic acids is 2. The monoisotopic (exact) mass is 414 g/mol. The maximum atomic E-state index is 12.9. The van der Waals surface area contributed by atoms with Crippen molar-refractivity contribution in [3.8, 4) is 11.5 Å². The number of phenols is 2. The molecule has 2 N–H and O–H groups in total. The molecule has 0 amide bonds. The summed E-state index contributed by atoms with van der Waals surface area (Å²) in [6.07, 6.45) is 8.20. The van der Waals surface area contributed by atoms with Crippen molar-refractivity contribution >= 4 is 11.6 Å². The molecule has 0 saturated carbocycles. The molecule has 30 heavy (non-hydrogen) atoms. The Labute approximate surface area is 181 Å². The first kappa shape index (κ1) is 25.7. The van der Waals surface area contributed by atoms with Gasteiger partial charge in [-0.05, 0) is 77.3 Å². The Kier molecular flexibility index (Phi) is 10.6. The van der Waals surface area contributed by atoms with E-state index in [2.05, 4.69) is 12.2 Å². The number of hydrogen-bond donors (Lipinski definition) is 2. The Morgan fingerprint density at radius 3 is 1.40 bits per heavy atom. The highest BCUT2D eigenvalue weighted by Gasteiger charge is 2.26. The molecule has 2 atom stereocenters. The van der Waals surface area contributed by atoms with Gasteiger partial charge in [0.05, 0.1) is 11.1 Å². The molecule has 0 radical (unpaired) electrons. The third-order valence-electron chi connectivity index (χ3n) is 5.21. The summed E-state index contributed by atoms with van der Waals surface area (Å²) in [6.45, 7) is 12.1. The smallest absolute Gasteiger partial charge is 0.167 e. The summed E-state index contributed by atoms with van der Waals surface area (Å²) in [7, 11) is 0. The van der Waals surface area contributed by atoms with Gasteiger partial charge in [0.1, 0.15) is 11.5 Å². The summed E-state index contributed by atoms with van der Waals surface area (Å²) in [5.41, 5.74) is 2.41. The predicted octanol–water partition coefficient (Wildman–Crippen LogP) is 7.01. The lowest BCUT2D eigenvalue weighted by molar-refractivity contribution is 0.0924. The zero-order valence-electron chi connectivity index (χ0n) is 19.4. The molecule has 0 bridgehead atoms. The first-order chi connectivity index (χ1) is 14.0. The molecule has 0 aliphatic heterocycles. The molecule has 1 rings (SSSR count). The van der Waals surface area contributed by atoms with Crippen molar-refractivity contribution in [2.75, 3.05) is 0 Å². The second-order valence-corrected chi connectivity index (χ2v) is 9.04. The average molecular weight is 415 g/mol. The van der Waals surface area contributed by atoms with Crippen LogP contribution in [-0.4, -0.2) is 21.8 Å². The van der Waals surface area contributed by atoms with Crippen LogP contribution >= 0.6 is 0 Å². The van der Waals surface area contributed by atoms with Gasteiger partial charge >= 0.3 is 0 Å². The van der Waals surface area contributed by atoms with Crippen LogP contribution in [0.15, 0.2) is 35.4 Å². The Balaban J connectivity index is 2.96. The van der Waals surface area contributed by atoms with Gasteiger partial charge in [0.15, 0.2) is 11.6 Å². The molecule has 0 aliphatic rings. The summed E-state index contributed by atoms with van der Waals surface area (Å²) in [4.78, 5) is 25.9. The minimum absolute atomic E-state index is 0.0365. The van der Waals surface area contributed by atoms with E-state index in [4.69, 9.17) is 0 Å². The Bertz CT molecular complexity index is 726. The van der Waals surface area contributed by atoms with Gasteiger partial charge < -0.3 is 10.2 Å². The molecular formula is C26H38O4. The fraction of sp³-hybridized carbons (Fsp3) is 0.538. The van der Waals surface area contributed by atoms with Crippen LogP contribution in [0.3, 0.4) is 0 Å². The van der Waals surface area contributed by atoms with Crippen molar-refractivity contribution in [1.82, 2.24) is 0 Å². The van der Waals surface area contributed by atoms with Gasteiger partial charge in [0.25, 0.3) is 0 Å². The number of Topliss-reactive ketones (excluding diaryl/α,β-unsaturated/α-hetero) is 2. The number of carbonyl (C=O) groups is 2. The fourth-order valence-corrected chi connectivity index (χ4v) is 3.50. The first-order valence-electron chi connectivity index (χ1n) is 10.9. The lowest BCUT2D eigenvalue weighted by atomic mass is 9.88. The van der Waals surface area contributed by atoms with Gasteiger partial charge in [-0.3, -0.25) is 9.59 Å². The summed E-state index contributed by atoms with van der Waals surface area (Å²) in [5, 5.41) is 20.7. The van der Waals surface area contributed by atoms with Gasteiger partial charge in [-0.25, -0.2) is 0 Å². The standard InChI is InChI=1S/C26H38O4/c1-17(2)9-7-11-19(5)15-23(29)25-21(27)13-14-22(28)26(25)24(30)16-20(6)12-8-10-18(3)4/h9-10,13-14,19-20,27-28H,7-8,11-12,15-16H2,1-6H3. The number of benzene rings is 1. The molecule has 4 heteroatoms. The molecule has 0 fully saturated rings. The molecule has 0 aliphatic carbocycles. The zero-order valence-corrected chi connectivity index (χ0v) is 19.4. The Morgan fingerprint density at radius 2 is 1.10 bits per heavy atom. The molecule has 1 aromatic rings. The van der Waals surface area contributed by atoms with Crippen molar-refractivity contribution < 1.29 is 19.8 Å². The minimum atomic E-state index is -0.298. The van der Waals surface area contributed by atoms with Crippen molar-refractivity contribution in [3.05, 3.63) is 46.6 Å². The van der Waals surface area contributed by atoms with E-state index in [1.165, 1.54) is 23.3 Å². The molecule has 1 aromatic carbocycles. The van der Waals surface area contributed by atoms with E-state index in [0.717, 1.165) is 25.7 Å². The number of aromatic hydroxyl groups is 2. The number of ketones is 2. The predicted molar refractivity (Wildman–Crippen MR) is 123 cm³/mol. The van der Waals surface area contributed by atoms with Gasteiger partial charge in [-0.1, -0.05) is 37.1 Å². The van der Waals surface area contributed by atoms with E-state index >= 15 is 0 Å². The van der Waals surface area contributed by atoms with E-state index in [9.17, 15) is 19.8 Å². The quantitative estimate of drug-likeness (QED) is 0.219. The van der Waals surface area contributed by atoms with Crippen molar-refractivity contribution in [3.63, 3.8) is 0 Å². The van der Waals surface area contributed by atoms with Gasteiger partial charge in [0.2, 0.25) is 0 Å². The van der Waals surface area contributed by atoms with Crippen molar-refractivity contribution in [2.45, 2.75) is 80.1 Å². The summed E-state index contributed by atoms with van der Waals surface area (Å²) >= 11 is 0. The second kappa shape index (κ2) is 12.4. The van der Waals surface area contributed by atoms with E-state index < -0.39 is 0 Å². The molecule has 166 valence electrons. The number of phenolic OH excluding ortho intramolecular Hbond substituents is 2. The molecular weight excluding hydrogens is 376 g/mol. The summed E-state index contributed by atoms with van der Waals surface area (Å²) in [6, 6.07) is 2.57. The molecule has 0 aromatic heterocycles. The zero-order chi connectivity index (χ0) is 22.8. The van der Waals surface area contributed by atoms with Crippen molar-refractivity contribution in [2.24, 2.45) is 11.8 Å². The van der Waals surface area contributed by atoms with Gasteiger partial charge in [-0.15, -0.1) is 0 Å². The largest absolute Gasteiger partial charge is 0.507 e. The highest BCUT2D eigenvalue weighted by Crippen LogP contribution is 2.33. The molecule has 4 nitrogen and oxygen atoms in total. The first-order valence-corrected chi connectivity index (χ1v) is 10.9. The minimum Gasteiger partial charge on any atom is -0.507 e. The number of allylic oxidation sites excluding steroid dienone is 4. The highest BCUT2D eigenvalue weighted by atomic mass is 16.3. The summed E-state index contributed by atoms with van der Waals surface area (Å²) < 4.78 is 0. The number of hydrogen-bond acceptors (Lipinski definition) is 4. The Morgan fingerprint density at radius 1 is 0.767 bits per heavy atom. The molecule has 0 heterocycles. The van der Waals surface area contributed by atoms with E-state index in [1.807, 2.05) is 41.5 Å². The van der Waals surface area contributed by atoms with Crippen LogP contribution in [0.4, 0.5) is 0 Å². The molecule has 2 unspecified atom stereocenters. The van der Waals surface area contributed by atoms with Crippen molar-refractivity contribution in [1.29, 1.82) is 0 Å². The average Bonchev–Trinajstić information content (AvgIpc) is 2.62. The lowest BCUT2D eigenvalue weighted by Crippen LogP contribution is -2.14. The third kappa shape index (κ3) is 8.56. The van der Waals surface area contributed by atoms with Crippen LogP contribution in [0.5, 0.6) is 11.5 Å². The lowest BCUT2D eigenvalue weighted by Gasteiger charge is -2.16. The van der Waals surface area contributed by atoms with Gasteiger partial charge in [-0.2, -0.15) is 0 Å². The fourth-order valence-electron chi connectivity index (χ4n) is 3.50. The van der Waals surface area contributed by atoms with Gasteiger partial charge in [0, 0.05) is 12.8 Å². The normalized spacial score (nSPS) is 12.7. The van der Waals surface area contributed by atoms with E-state index in [0.29, 0.717) is 0 Å². The molecule has 0 spiro atoms. The maximum Gasteiger partial charge on any atom is 0.167 e. The van der Waals surface area contributed by atoms with E-state index in [1.54, 1.807) is 0 Å². The third-order valence-corrected chi connectivity index (χ3v) is 5.21. The van der Waals surface area contributed by atoms with Crippen LogP contribution in [0, 0.1) is 11.8 Å². The second-order valence-electron chi connectivity index (χ2n) is 9.04. The number of rotatable bonds is 12.